The first kappa shape index (κ1) is 30.5. The largest absolute Gasteiger partial charge is 0.490 e. The maximum absolute atomic E-state index is 12.8. The van der Waals surface area contributed by atoms with Gasteiger partial charge in [-0.15, -0.1) is 0 Å². The van der Waals surface area contributed by atoms with Crippen molar-refractivity contribution in [3.8, 4) is 5.75 Å². The van der Waals surface area contributed by atoms with Crippen LogP contribution in [0, 0.1) is 6.92 Å². The number of aromatic nitrogens is 2. The smallest absolute Gasteiger partial charge is 0.247 e. The molecule has 1 saturated heterocycles. The normalized spacial score (nSPS) is 14.4. The van der Waals surface area contributed by atoms with Crippen molar-refractivity contribution < 1.29 is 14.1 Å². The molecular weight excluding hydrogens is 561 g/mol. The molecule has 12 heteroatoms. The molecule has 0 spiro atoms. The zero-order valence-corrected chi connectivity index (χ0v) is 25.6. The lowest BCUT2D eigenvalue weighted by molar-refractivity contribution is -0.111. The lowest BCUT2D eigenvalue weighted by Crippen LogP contribution is -2.45. The first-order valence-electron chi connectivity index (χ1n) is 13.4. The number of amides is 1. The summed E-state index contributed by atoms with van der Waals surface area (Å²) < 4.78 is 18.9. The van der Waals surface area contributed by atoms with Gasteiger partial charge in [-0.05, 0) is 63.2 Å². The monoisotopic (exact) mass is 597 g/mol. The standard InChI is InChI=1S/C29H37ClN7O3P/c1-6-27(38)32-24-18-23(20(2)17-25(24)40-16-15-37-13-11-36(3)12-14-37)34-29-31-19-21(30)28(35-29)33-22-9-7-8-10-26(22)41(4,5)39/h6-10,17-19H,1,11-16H2,2-5H3,(H,32,38)(H2,31,33,34,35). The third-order valence-corrected chi connectivity index (χ3v) is 8.59. The van der Waals surface area contributed by atoms with Crippen molar-refractivity contribution in [1.82, 2.24) is 19.8 Å². The summed E-state index contributed by atoms with van der Waals surface area (Å²) in [7, 11) is -0.419. The average Bonchev–Trinajstić information content (AvgIpc) is 2.93. The lowest BCUT2D eigenvalue weighted by Gasteiger charge is -2.32. The first-order valence-corrected chi connectivity index (χ1v) is 16.3. The van der Waals surface area contributed by atoms with Crippen LogP contribution in [-0.2, 0) is 9.36 Å². The quantitative estimate of drug-likeness (QED) is 0.209. The summed E-state index contributed by atoms with van der Waals surface area (Å²) in [6.07, 6.45) is 2.70. The van der Waals surface area contributed by atoms with Gasteiger partial charge in [-0.1, -0.05) is 30.3 Å². The Hall–Kier alpha value is -3.43. The average molecular weight is 598 g/mol. The Balaban J connectivity index is 1.54. The number of ether oxygens (including phenoxy) is 1. The van der Waals surface area contributed by atoms with Crippen LogP contribution in [0.1, 0.15) is 5.56 Å². The number of hydrogen-bond acceptors (Lipinski definition) is 9. The lowest BCUT2D eigenvalue weighted by atomic mass is 10.1. The van der Waals surface area contributed by atoms with Crippen LogP contribution in [0.25, 0.3) is 0 Å². The van der Waals surface area contributed by atoms with Gasteiger partial charge in [-0.3, -0.25) is 9.69 Å². The van der Waals surface area contributed by atoms with E-state index in [0.717, 1.165) is 38.3 Å². The molecule has 10 nitrogen and oxygen atoms in total. The van der Waals surface area contributed by atoms with Gasteiger partial charge in [0.1, 0.15) is 24.5 Å². The van der Waals surface area contributed by atoms with E-state index in [4.69, 9.17) is 16.3 Å². The van der Waals surface area contributed by atoms with Crippen LogP contribution in [0.4, 0.5) is 28.8 Å². The summed E-state index contributed by atoms with van der Waals surface area (Å²) in [6, 6.07) is 11.0. The fraction of sp³-hybridized carbons (Fsp3) is 0.345. The number of halogens is 1. The summed E-state index contributed by atoms with van der Waals surface area (Å²) in [6.45, 7) is 14.3. The van der Waals surface area contributed by atoms with Gasteiger partial charge < -0.3 is 30.2 Å². The molecule has 0 saturated carbocycles. The van der Waals surface area contributed by atoms with E-state index in [1.807, 2.05) is 37.3 Å². The van der Waals surface area contributed by atoms with Crippen LogP contribution in [-0.4, -0.2) is 85.4 Å². The first-order chi connectivity index (χ1) is 19.5. The number of likely N-dealkylation sites (N-methyl/N-ethyl adjacent to an activating group) is 1. The highest BCUT2D eigenvalue weighted by atomic mass is 35.5. The molecule has 1 fully saturated rings. The second-order valence-corrected chi connectivity index (χ2v) is 13.9. The number of carbonyl (C=O) groups excluding carboxylic acids is 1. The maximum atomic E-state index is 12.8. The van der Waals surface area contributed by atoms with Crippen LogP contribution < -0.4 is 26.0 Å². The van der Waals surface area contributed by atoms with Crippen molar-refractivity contribution in [2.45, 2.75) is 6.92 Å². The minimum Gasteiger partial charge on any atom is -0.490 e. The third-order valence-electron chi connectivity index (χ3n) is 6.76. The van der Waals surface area contributed by atoms with Gasteiger partial charge in [0.25, 0.3) is 0 Å². The molecule has 0 bridgehead atoms. The molecule has 218 valence electrons. The zero-order chi connectivity index (χ0) is 29.6. The van der Waals surface area contributed by atoms with Gasteiger partial charge in [-0.25, -0.2) is 4.98 Å². The Morgan fingerprint density at radius 3 is 2.56 bits per heavy atom. The number of aryl methyl sites for hydroxylation is 1. The summed E-state index contributed by atoms with van der Waals surface area (Å²) in [5.74, 6) is 0.878. The van der Waals surface area contributed by atoms with Gasteiger partial charge >= 0.3 is 0 Å². The number of anilines is 5. The molecule has 1 aliphatic heterocycles. The summed E-state index contributed by atoms with van der Waals surface area (Å²) in [5, 5.41) is 10.3. The minimum atomic E-state index is -2.55. The van der Waals surface area contributed by atoms with E-state index in [2.05, 4.69) is 49.3 Å². The zero-order valence-electron chi connectivity index (χ0n) is 23.9. The van der Waals surface area contributed by atoms with Crippen LogP contribution in [0.2, 0.25) is 5.02 Å². The molecule has 1 aromatic heterocycles. The molecule has 2 heterocycles. The molecule has 3 N–H and O–H groups in total. The van der Waals surface area contributed by atoms with Crippen LogP contribution in [0.5, 0.6) is 5.75 Å². The Bertz CT molecular complexity index is 1450. The summed E-state index contributed by atoms with van der Waals surface area (Å²) >= 11 is 6.41. The van der Waals surface area contributed by atoms with E-state index in [1.165, 1.54) is 12.3 Å². The molecule has 1 amide bonds. The number of nitrogens with one attached hydrogen (secondary N) is 3. The molecule has 0 radical (unpaired) electrons. The highest BCUT2D eigenvalue weighted by Gasteiger charge is 2.18. The van der Waals surface area contributed by atoms with Gasteiger partial charge in [0.05, 0.1) is 17.6 Å². The molecule has 2 aromatic carbocycles. The molecule has 1 aliphatic rings. The molecule has 0 unspecified atom stereocenters. The number of carbonyl (C=O) groups is 1. The fourth-order valence-electron chi connectivity index (χ4n) is 4.39. The van der Waals surface area contributed by atoms with Crippen LogP contribution in [0.3, 0.4) is 0 Å². The molecular formula is C29H37ClN7O3P. The number of para-hydroxylation sites is 1. The molecule has 0 aliphatic carbocycles. The summed E-state index contributed by atoms with van der Waals surface area (Å²) in [5.41, 5.74) is 2.71. The highest BCUT2D eigenvalue weighted by Crippen LogP contribution is 2.39. The van der Waals surface area contributed by atoms with E-state index in [0.29, 0.717) is 51.5 Å². The summed E-state index contributed by atoms with van der Waals surface area (Å²) in [4.78, 5) is 25.8. The Morgan fingerprint density at radius 2 is 1.85 bits per heavy atom. The fourth-order valence-corrected chi connectivity index (χ4v) is 5.68. The molecule has 41 heavy (non-hydrogen) atoms. The highest BCUT2D eigenvalue weighted by molar-refractivity contribution is 7.70. The third kappa shape index (κ3) is 8.30. The van der Waals surface area contributed by atoms with Crippen LogP contribution in [0.15, 0.2) is 55.3 Å². The van der Waals surface area contributed by atoms with Crippen LogP contribution >= 0.6 is 18.7 Å². The van der Waals surface area contributed by atoms with Gasteiger partial charge in [0, 0.05) is 43.7 Å². The second kappa shape index (κ2) is 13.5. The SMILES string of the molecule is C=CC(=O)Nc1cc(Nc2ncc(Cl)c(Nc3ccccc3P(C)(C)=O)n2)c(C)cc1OCCN1CCN(C)CC1. The van der Waals surface area contributed by atoms with Crippen molar-refractivity contribution >= 4 is 58.8 Å². The molecule has 0 atom stereocenters. The van der Waals surface area contributed by atoms with Crippen molar-refractivity contribution in [3.63, 3.8) is 0 Å². The minimum absolute atomic E-state index is 0.290. The Labute approximate surface area is 246 Å². The Kier molecular flexibility index (Phi) is 10.0. The number of nitrogens with zero attached hydrogens (tertiary/aromatic N) is 4. The number of rotatable bonds is 11. The number of hydrogen-bond donors (Lipinski definition) is 3. The van der Waals surface area contributed by atoms with E-state index in [-0.39, 0.29) is 5.91 Å². The van der Waals surface area contributed by atoms with Gasteiger partial charge in [-0.2, -0.15) is 4.98 Å². The van der Waals surface area contributed by atoms with Crippen molar-refractivity contribution in [2.24, 2.45) is 0 Å². The van der Waals surface area contributed by atoms with E-state index in [9.17, 15) is 9.36 Å². The topological polar surface area (TPSA) is 112 Å². The van der Waals surface area contributed by atoms with Gasteiger partial charge in [0.2, 0.25) is 11.9 Å². The molecule has 4 rings (SSSR count). The van der Waals surface area contributed by atoms with Gasteiger partial charge in [0.15, 0.2) is 5.82 Å². The van der Waals surface area contributed by atoms with Crippen molar-refractivity contribution in [3.05, 3.63) is 65.8 Å². The van der Waals surface area contributed by atoms with E-state index >= 15 is 0 Å². The number of benzene rings is 2. The van der Waals surface area contributed by atoms with Crippen molar-refractivity contribution in [2.75, 3.05) is 75.7 Å². The van der Waals surface area contributed by atoms with E-state index in [1.54, 1.807) is 19.4 Å². The molecule has 3 aromatic rings. The van der Waals surface area contributed by atoms with E-state index < -0.39 is 7.14 Å². The predicted molar refractivity (Wildman–Crippen MR) is 169 cm³/mol. The number of piperazine rings is 1. The van der Waals surface area contributed by atoms with Crippen molar-refractivity contribution in [1.29, 1.82) is 0 Å². The predicted octanol–water partition coefficient (Wildman–Crippen LogP) is 4.92. The second-order valence-electron chi connectivity index (χ2n) is 10.4. The maximum Gasteiger partial charge on any atom is 0.247 e. The Morgan fingerprint density at radius 1 is 1.12 bits per heavy atom.